The van der Waals surface area contributed by atoms with Gasteiger partial charge in [-0.05, 0) is 35.7 Å². The van der Waals surface area contributed by atoms with Gasteiger partial charge in [-0.25, -0.2) is 8.78 Å². The second-order valence-electron chi connectivity index (χ2n) is 4.33. The average Bonchev–Trinajstić information content (AvgIpc) is 2.41. The fourth-order valence-electron chi connectivity index (χ4n) is 2.00. The number of hydrogen-bond donors (Lipinski definition) is 0. The molecule has 2 rings (SSSR count). The summed E-state index contributed by atoms with van der Waals surface area (Å²) in [5, 5.41) is 0.725. The van der Waals surface area contributed by atoms with Crippen molar-refractivity contribution in [2.75, 3.05) is 5.33 Å². The lowest BCUT2D eigenvalue weighted by Crippen LogP contribution is -2.07. The van der Waals surface area contributed by atoms with Crippen molar-refractivity contribution in [1.82, 2.24) is 0 Å². The highest BCUT2D eigenvalue weighted by atomic mass is 79.9. The van der Waals surface area contributed by atoms with Crippen LogP contribution in [0.1, 0.15) is 17.0 Å². The van der Waals surface area contributed by atoms with Gasteiger partial charge in [-0.15, -0.1) is 0 Å². The molecule has 0 amide bonds. The molecule has 0 saturated carbocycles. The molecule has 0 bridgehead atoms. The lowest BCUT2D eigenvalue weighted by molar-refractivity contribution is 0.589. The Morgan fingerprint density at radius 3 is 2.42 bits per heavy atom. The minimum atomic E-state index is -0.438. The Bertz CT molecular complexity index is 572. The highest BCUT2D eigenvalue weighted by Crippen LogP contribution is 2.27. The summed E-state index contributed by atoms with van der Waals surface area (Å²) >= 11 is 9.16. The van der Waals surface area contributed by atoms with E-state index in [0.717, 1.165) is 5.56 Å². The number of benzene rings is 2. The molecule has 0 aliphatic heterocycles. The maximum atomic E-state index is 13.8. The fraction of sp³-hybridized carbons (Fsp3) is 0.200. The van der Waals surface area contributed by atoms with Crippen molar-refractivity contribution in [3.8, 4) is 0 Å². The molecule has 2 aromatic rings. The first-order valence-corrected chi connectivity index (χ1v) is 7.36. The number of hydrogen-bond acceptors (Lipinski definition) is 0. The molecule has 2 aromatic carbocycles. The molecule has 0 fully saturated rings. The largest absolute Gasteiger partial charge is 0.207 e. The smallest absolute Gasteiger partial charge is 0.141 e. The molecule has 19 heavy (non-hydrogen) atoms. The Labute approximate surface area is 124 Å². The summed E-state index contributed by atoms with van der Waals surface area (Å²) in [7, 11) is 0. The van der Waals surface area contributed by atoms with E-state index in [0.29, 0.717) is 17.3 Å². The van der Waals surface area contributed by atoms with E-state index in [4.69, 9.17) is 11.6 Å². The molecule has 1 unspecified atom stereocenters. The number of halogens is 4. The number of alkyl halides is 1. The van der Waals surface area contributed by atoms with Crippen molar-refractivity contribution in [2.24, 2.45) is 0 Å². The third-order valence-electron chi connectivity index (χ3n) is 3.00. The van der Waals surface area contributed by atoms with Gasteiger partial charge in [-0.2, -0.15) is 0 Å². The predicted octanol–water partition coefficient (Wildman–Crippen LogP) is 5.34. The van der Waals surface area contributed by atoms with Crippen LogP contribution in [0.2, 0.25) is 5.02 Å². The summed E-state index contributed by atoms with van der Waals surface area (Å²) in [4.78, 5) is 0. The first kappa shape index (κ1) is 14.5. The van der Waals surface area contributed by atoms with E-state index in [9.17, 15) is 8.78 Å². The van der Waals surface area contributed by atoms with Gasteiger partial charge < -0.3 is 0 Å². The van der Waals surface area contributed by atoms with E-state index in [1.165, 1.54) is 12.1 Å². The second kappa shape index (κ2) is 6.49. The zero-order valence-corrected chi connectivity index (χ0v) is 12.4. The lowest BCUT2D eigenvalue weighted by Gasteiger charge is -2.15. The van der Waals surface area contributed by atoms with Crippen LogP contribution in [0.15, 0.2) is 42.5 Å². The summed E-state index contributed by atoms with van der Waals surface area (Å²) in [6, 6.07) is 11.3. The summed E-state index contributed by atoms with van der Waals surface area (Å²) in [6.45, 7) is 0. The molecular weight excluding hydrogens is 334 g/mol. The highest BCUT2D eigenvalue weighted by molar-refractivity contribution is 9.09. The van der Waals surface area contributed by atoms with Crippen LogP contribution in [0.5, 0.6) is 0 Å². The van der Waals surface area contributed by atoms with Gasteiger partial charge in [0, 0.05) is 11.2 Å². The van der Waals surface area contributed by atoms with Gasteiger partial charge in [0.25, 0.3) is 0 Å². The van der Waals surface area contributed by atoms with Crippen LogP contribution in [-0.4, -0.2) is 5.33 Å². The van der Waals surface area contributed by atoms with Crippen LogP contribution < -0.4 is 0 Å². The van der Waals surface area contributed by atoms with Crippen LogP contribution in [0.4, 0.5) is 8.78 Å². The third-order valence-corrected chi connectivity index (χ3v) is 4.07. The standard InChI is InChI=1S/C15H12BrClF2/c16-9-11(12-3-1-2-4-14(12)18)7-10-5-6-15(19)13(17)8-10/h1-6,8,11H,7,9H2. The van der Waals surface area contributed by atoms with Crippen LogP contribution in [0, 0.1) is 11.6 Å². The van der Waals surface area contributed by atoms with Crippen molar-refractivity contribution in [3.63, 3.8) is 0 Å². The van der Waals surface area contributed by atoms with E-state index in [2.05, 4.69) is 15.9 Å². The van der Waals surface area contributed by atoms with Gasteiger partial charge in [-0.1, -0.05) is 51.8 Å². The van der Waals surface area contributed by atoms with Crippen molar-refractivity contribution < 1.29 is 8.78 Å². The number of rotatable bonds is 4. The molecule has 0 spiro atoms. The maximum Gasteiger partial charge on any atom is 0.141 e. The normalized spacial score (nSPS) is 12.4. The molecule has 0 nitrogen and oxygen atoms in total. The minimum absolute atomic E-state index is 0.0114. The van der Waals surface area contributed by atoms with Gasteiger partial charge >= 0.3 is 0 Å². The molecule has 4 heteroatoms. The molecule has 1 atom stereocenters. The van der Waals surface area contributed by atoms with E-state index >= 15 is 0 Å². The van der Waals surface area contributed by atoms with E-state index < -0.39 is 5.82 Å². The second-order valence-corrected chi connectivity index (χ2v) is 5.38. The zero-order valence-electron chi connectivity index (χ0n) is 10.0. The Morgan fingerprint density at radius 1 is 1.05 bits per heavy atom. The Morgan fingerprint density at radius 2 is 1.79 bits per heavy atom. The topological polar surface area (TPSA) is 0 Å². The SMILES string of the molecule is Fc1ccc(CC(CBr)c2ccccc2F)cc1Cl. The molecule has 100 valence electrons. The van der Waals surface area contributed by atoms with Crippen LogP contribution in [0.3, 0.4) is 0 Å². The quantitative estimate of drug-likeness (QED) is 0.656. The van der Waals surface area contributed by atoms with Crippen LogP contribution in [-0.2, 0) is 6.42 Å². The van der Waals surface area contributed by atoms with E-state index in [-0.39, 0.29) is 16.8 Å². The van der Waals surface area contributed by atoms with Crippen molar-refractivity contribution in [3.05, 3.63) is 70.2 Å². The molecule has 0 saturated heterocycles. The predicted molar refractivity (Wildman–Crippen MR) is 78.0 cm³/mol. The van der Waals surface area contributed by atoms with Gasteiger partial charge in [0.1, 0.15) is 11.6 Å². The Balaban J connectivity index is 2.24. The maximum absolute atomic E-state index is 13.8. The molecule has 0 radical (unpaired) electrons. The van der Waals surface area contributed by atoms with Crippen molar-refractivity contribution in [2.45, 2.75) is 12.3 Å². The Hall–Kier alpha value is -0.930. The highest BCUT2D eigenvalue weighted by Gasteiger charge is 2.15. The summed E-state index contributed by atoms with van der Waals surface area (Å²) in [5.74, 6) is -0.672. The lowest BCUT2D eigenvalue weighted by atomic mass is 9.93. The van der Waals surface area contributed by atoms with Gasteiger partial charge in [0.05, 0.1) is 5.02 Å². The van der Waals surface area contributed by atoms with Crippen LogP contribution >= 0.6 is 27.5 Å². The monoisotopic (exact) mass is 344 g/mol. The Kier molecular flexibility index (Phi) is 4.94. The third kappa shape index (κ3) is 3.54. The minimum Gasteiger partial charge on any atom is -0.207 e. The van der Waals surface area contributed by atoms with E-state index in [1.54, 1.807) is 24.3 Å². The molecule has 0 heterocycles. The zero-order chi connectivity index (χ0) is 13.8. The summed E-state index contributed by atoms with van der Waals surface area (Å²) in [6.07, 6.45) is 0.603. The van der Waals surface area contributed by atoms with Crippen LogP contribution in [0.25, 0.3) is 0 Å². The first-order valence-electron chi connectivity index (χ1n) is 5.86. The average molecular weight is 346 g/mol. The molecule has 0 aromatic heterocycles. The van der Waals surface area contributed by atoms with Crippen molar-refractivity contribution in [1.29, 1.82) is 0 Å². The van der Waals surface area contributed by atoms with Crippen molar-refractivity contribution >= 4 is 27.5 Å². The summed E-state index contributed by atoms with van der Waals surface area (Å²) < 4.78 is 26.9. The molecular formula is C15H12BrClF2. The molecule has 0 aliphatic carbocycles. The summed E-state index contributed by atoms with van der Waals surface area (Å²) in [5.41, 5.74) is 1.54. The van der Waals surface area contributed by atoms with Gasteiger partial charge in [-0.3, -0.25) is 0 Å². The molecule has 0 N–H and O–H groups in total. The van der Waals surface area contributed by atoms with E-state index in [1.807, 2.05) is 6.07 Å². The first-order chi connectivity index (χ1) is 9.11. The fourth-order valence-corrected chi connectivity index (χ4v) is 2.79. The molecule has 0 aliphatic rings. The van der Waals surface area contributed by atoms with Gasteiger partial charge in [0.15, 0.2) is 0 Å². The van der Waals surface area contributed by atoms with Gasteiger partial charge in [0.2, 0.25) is 0 Å².